The van der Waals surface area contributed by atoms with Crippen LogP contribution in [-0.2, 0) is 11.2 Å². The van der Waals surface area contributed by atoms with Crippen molar-refractivity contribution in [1.82, 2.24) is 5.32 Å². The molecule has 1 aromatic carbocycles. The van der Waals surface area contributed by atoms with Gasteiger partial charge in [0.15, 0.2) is 0 Å². The number of rotatable bonds is 5. The minimum absolute atomic E-state index is 0.0535. The zero-order valence-corrected chi connectivity index (χ0v) is 12.1. The fourth-order valence-electron chi connectivity index (χ4n) is 2.59. The molecule has 1 saturated carbocycles. The van der Waals surface area contributed by atoms with Gasteiger partial charge in [-0.25, -0.2) is 0 Å². The summed E-state index contributed by atoms with van der Waals surface area (Å²) in [5.74, 6) is 1.41. The van der Waals surface area contributed by atoms with E-state index in [9.17, 15) is 9.90 Å². The maximum absolute atomic E-state index is 11.9. The molecule has 0 aliphatic heterocycles. The van der Waals surface area contributed by atoms with E-state index in [0.29, 0.717) is 17.7 Å². The van der Waals surface area contributed by atoms with Gasteiger partial charge in [0, 0.05) is 11.3 Å². The first-order chi connectivity index (χ1) is 9.17. The molecule has 0 saturated heterocycles. The number of carbonyl (C=O) groups excluding carboxylic acids is 1. The van der Waals surface area contributed by atoms with Crippen LogP contribution >= 0.6 is 11.8 Å². The molecule has 0 radical (unpaired) electrons. The number of phenolic OH excluding ortho intramolecular Hbond substituents is 1. The summed E-state index contributed by atoms with van der Waals surface area (Å²) < 4.78 is 0. The highest BCUT2D eigenvalue weighted by molar-refractivity contribution is 7.99. The Labute approximate surface area is 118 Å². The molecule has 2 atom stereocenters. The quantitative estimate of drug-likeness (QED) is 0.871. The van der Waals surface area contributed by atoms with E-state index in [1.165, 1.54) is 6.42 Å². The Bertz CT molecular complexity index is 436. The van der Waals surface area contributed by atoms with Crippen LogP contribution in [0.3, 0.4) is 0 Å². The van der Waals surface area contributed by atoms with Gasteiger partial charge in [-0.1, -0.05) is 19.1 Å². The first-order valence-corrected chi connectivity index (χ1v) is 7.91. The lowest BCUT2D eigenvalue weighted by Crippen LogP contribution is -2.34. The van der Waals surface area contributed by atoms with Crippen LogP contribution in [-0.4, -0.2) is 28.1 Å². The fraction of sp³-hybridized carbons (Fsp3) is 0.533. The Balaban J connectivity index is 1.79. The van der Waals surface area contributed by atoms with Gasteiger partial charge in [0.05, 0.1) is 6.42 Å². The third-order valence-electron chi connectivity index (χ3n) is 3.43. The van der Waals surface area contributed by atoms with Crippen molar-refractivity contribution in [2.45, 2.75) is 43.9 Å². The summed E-state index contributed by atoms with van der Waals surface area (Å²) in [6.07, 6.45) is 3.72. The van der Waals surface area contributed by atoms with Gasteiger partial charge in [0.1, 0.15) is 5.75 Å². The largest absolute Gasteiger partial charge is 0.508 e. The molecule has 1 aliphatic rings. The number of benzene rings is 1. The van der Waals surface area contributed by atoms with Crippen LogP contribution in [0.5, 0.6) is 5.75 Å². The first kappa shape index (κ1) is 14.3. The van der Waals surface area contributed by atoms with Crippen LogP contribution < -0.4 is 5.32 Å². The number of thioether (sulfide) groups is 1. The van der Waals surface area contributed by atoms with Gasteiger partial charge < -0.3 is 10.4 Å². The minimum Gasteiger partial charge on any atom is -0.508 e. The van der Waals surface area contributed by atoms with Crippen molar-refractivity contribution in [3.05, 3.63) is 29.8 Å². The molecule has 104 valence electrons. The topological polar surface area (TPSA) is 49.3 Å². The molecule has 1 fully saturated rings. The monoisotopic (exact) mass is 279 g/mol. The Morgan fingerprint density at radius 3 is 3.05 bits per heavy atom. The van der Waals surface area contributed by atoms with E-state index in [0.717, 1.165) is 24.2 Å². The summed E-state index contributed by atoms with van der Waals surface area (Å²) >= 11 is 1.99. The molecule has 1 amide bonds. The molecule has 3 nitrogen and oxygen atoms in total. The van der Waals surface area contributed by atoms with Gasteiger partial charge in [-0.15, -0.1) is 0 Å². The van der Waals surface area contributed by atoms with E-state index in [-0.39, 0.29) is 11.7 Å². The SMILES string of the molecule is CCS[C@H]1CC[C@H](NC(=O)Cc2cccc(O)c2)C1. The summed E-state index contributed by atoms with van der Waals surface area (Å²) in [4.78, 5) is 11.9. The fourth-order valence-corrected chi connectivity index (χ4v) is 3.73. The van der Waals surface area contributed by atoms with Crippen LogP contribution in [0.2, 0.25) is 0 Å². The summed E-state index contributed by atoms with van der Waals surface area (Å²) in [6, 6.07) is 7.22. The molecule has 2 rings (SSSR count). The molecule has 0 unspecified atom stereocenters. The van der Waals surface area contributed by atoms with Gasteiger partial charge in [-0.2, -0.15) is 11.8 Å². The van der Waals surface area contributed by atoms with Crippen LogP contribution in [0.4, 0.5) is 0 Å². The number of phenols is 1. The number of amides is 1. The molecule has 4 heteroatoms. The smallest absolute Gasteiger partial charge is 0.224 e. The summed E-state index contributed by atoms with van der Waals surface area (Å²) in [6.45, 7) is 2.18. The lowest BCUT2D eigenvalue weighted by molar-refractivity contribution is -0.121. The van der Waals surface area contributed by atoms with Gasteiger partial charge >= 0.3 is 0 Å². The summed E-state index contributed by atoms with van der Waals surface area (Å²) in [7, 11) is 0. The van der Waals surface area contributed by atoms with Gasteiger partial charge in [0.25, 0.3) is 0 Å². The zero-order valence-electron chi connectivity index (χ0n) is 11.3. The molecular weight excluding hydrogens is 258 g/mol. The average Bonchev–Trinajstić information content (AvgIpc) is 2.77. The van der Waals surface area contributed by atoms with Gasteiger partial charge in [-0.3, -0.25) is 4.79 Å². The van der Waals surface area contributed by atoms with Gasteiger partial charge in [0.2, 0.25) is 5.91 Å². The Morgan fingerprint density at radius 1 is 1.47 bits per heavy atom. The second-order valence-electron chi connectivity index (χ2n) is 5.00. The highest BCUT2D eigenvalue weighted by atomic mass is 32.2. The van der Waals surface area contributed by atoms with Crippen molar-refractivity contribution >= 4 is 17.7 Å². The second-order valence-corrected chi connectivity index (χ2v) is 6.58. The third-order valence-corrected chi connectivity index (χ3v) is 4.66. The normalized spacial score (nSPS) is 22.4. The van der Waals surface area contributed by atoms with Crippen LogP contribution in [0.15, 0.2) is 24.3 Å². The Morgan fingerprint density at radius 2 is 2.32 bits per heavy atom. The highest BCUT2D eigenvalue weighted by Gasteiger charge is 2.25. The third kappa shape index (κ3) is 4.46. The maximum Gasteiger partial charge on any atom is 0.224 e. The van der Waals surface area contributed by atoms with Crippen molar-refractivity contribution in [1.29, 1.82) is 0 Å². The Hall–Kier alpha value is -1.16. The molecular formula is C15H21NO2S. The molecule has 2 N–H and O–H groups in total. The van der Waals surface area contributed by atoms with Crippen LogP contribution in [0.25, 0.3) is 0 Å². The van der Waals surface area contributed by atoms with Crippen molar-refractivity contribution in [3.63, 3.8) is 0 Å². The average molecular weight is 279 g/mol. The first-order valence-electron chi connectivity index (χ1n) is 6.86. The second kappa shape index (κ2) is 6.85. The van der Waals surface area contributed by atoms with Crippen molar-refractivity contribution in [3.8, 4) is 5.75 Å². The van der Waals surface area contributed by atoms with E-state index in [2.05, 4.69) is 12.2 Å². The summed E-state index contributed by atoms with van der Waals surface area (Å²) in [5, 5.41) is 13.2. The highest BCUT2D eigenvalue weighted by Crippen LogP contribution is 2.29. The zero-order chi connectivity index (χ0) is 13.7. The number of nitrogens with one attached hydrogen (secondary N) is 1. The number of aromatic hydroxyl groups is 1. The van der Waals surface area contributed by atoms with E-state index >= 15 is 0 Å². The molecule has 19 heavy (non-hydrogen) atoms. The number of carbonyl (C=O) groups is 1. The molecule has 0 spiro atoms. The Kier molecular flexibility index (Phi) is 5.14. The van der Waals surface area contributed by atoms with Gasteiger partial charge in [-0.05, 0) is 42.7 Å². The van der Waals surface area contributed by atoms with Crippen molar-refractivity contribution in [2.75, 3.05) is 5.75 Å². The van der Waals surface area contributed by atoms with E-state index in [4.69, 9.17) is 0 Å². The molecule has 1 aliphatic carbocycles. The van der Waals surface area contributed by atoms with Crippen molar-refractivity contribution in [2.24, 2.45) is 0 Å². The molecule has 0 aromatic heterocycles. The van der Waals surface area contributed by atoms with E-state index in [1.54, 1.807) is 18.2 Å². The number of hydrogen-bond acceptors (Lipinski definition) is 3. The molecule has 1 aromatic rings. The molecule has 0 bridgehead atoms. The van der Waals surface area contributed by atoms with Crippen LogP contribution in [0.1, 0.15) is 31.7 Å². The lowest BCUT2D eigenvalue weighted by Gasteiger charge is -2.13. The van der Waals surface area contributed by atoms with E-state index in [1.807, 2.05) is 17.8 Å². The predicted octanol–water partition coefficient (Wildman–Crippen LogP) is 2.73. The van der Waals surface area contributed by atoms with E-state index < -0.39 is 0 Å². The molecule has 0 heterocycles. The number of hydrogen-bond donors (Lipinski definition) is 2. The van der Waals surface area contributed by atoms with Crippen LogP contribution in [0, 0.1) is 0 Å². The standard InChI is InChI=1S/C15H21NO2S/c1-2-19-14-7-6-12(10-14)16-15(18)9-11-4-3-5-13(17)8-11/h3-5,8,12,14,17H,2,6-7,9-10H2,1H3,(H,16,18)/t12-,14-/m0/s1. The van der Waals surface area contributed by atoms with Crippen molar-refractivity contribution < 1.29 is 9.90 Å². The predicted molar refractivity (Wildman–Crippen MR) is 79.5 cm³/mol. The lowest BCUT2D eigenvalue weighted by atomic mass is 10.1. The summed E-state index contributed by atoms with van der Waals surface area (Å²) in [5.41, 5.74) is 0.856. The minimum atomic E-state index is 0.0535. The maximum atomic E-state index is 11.9.